The van der Waals surface area contributed by atoms with Crippen LogP contribution >= 0.6 is 0 Å². The van der Waals surface area contributed by atoms with Crippen molar-refractivity contribution in [3.8, 4) is 5.75 Å². The van der Waals surface area contributed by atoms with Gasteiger partial charge in [-0.05, 0) is 133 Å². The second-order valence-electron chi connectivity index (χ2n) is 18.2. The molecule has 4 unspecified atom stereocenters. The Morgan fingerprint density at radius 3 is 1.96 bits per heavy atom. The van der Waals surface area contributed by atoms with Crippen molar-refractivity contribution < 1.29 is 4.74 Å². The molecule has 1 fully saturated rings. The quantitative estimate of drug-likeness (QED) is 0.171. The number of benzene rings is 5. The third kappa shape index (κ3) is 3.75. The minimum Gasteiger partial charge on any atom is -0.460 e. The molecule has 11 rings (SSSR count). The molecule has 5 aromatic rings. The van der Waals surface area contributed by atoms with Crippen molar-refractivity contribution >= 4 is 22.1 Å². The lowest BCUT2D eigenvalue weighted by molar-refractivity contribution is 0.331. The minimum atomic E-state index is -0.470. The molecule has 0 aromatic heterocycles. The fourth-order valence-electron chi connectivity index (χ4n) is 12.7. The van der Waals surface area contributed by atoms with Gasteiger partial charge in [0.05, 0.1) is 11.0 Å². The molecule has 0 radical (unpaired) electrons. The average molecular weight is 692 g/mol. The Kier molecular flexibility index (Phi) is 6.11. The molecule has 5 aromatic carbocycles. The molecule has 2 heterocycles. The molecule has 4 aliphatic carbocycles. The van der Waals surface area contributed by atoms with Gasteiger partial charge in [-0.15, -0.1) is 0 Å². The highest BCUT2D eigenvalue weighted by Crippen LogP contribution is 2.73. The number of hydrogen-bond acceptors (Lipinski definition) is 2. The van der Waals surface area contributed by atoms with Crippen LogP contribution in [0.15, 0.2) is 144 Å². The van der Waals surface area contributed by atoms with E-state index in [-0.39, 0.29) is 10.8 Å². The van der Waals surface area contributed by atoms with E-state index in [1.54, 1.807) is 0 Å². The number of hydrogen-bond donors (Lipinski definition) is 0. The maximum Gasteiger partial charge on any atom is 0.131 e. The first-order chi connectivity index (χ1) is 25.5. The van der Waals surface area contributed by atoms with E-state index in [0.29, 0.717) is 5.92 Å². The molecular weight excluding hydrogens is 643 g/mol. The van der Waals surface area contributed by atoms with E-state index in [2.05, 4.69) is 168 Å². The van der Waals surface area contributed by atoms with Crippen LogP contribution in [-0.4, -0.2) is 5.54 Å². The predicted molar refractivity (Wildman–Crippen MR) is 219 cm³/mol. The Bertz CT molecular complexity index is 2510. The van der Waals surface area contributed by atoms with Crippen molar-refractivity contribution in [2.75, 3.05) is 4.90 Å². The largest absolute Gasteiger partial charge is 0.460 e. The first-order valence-electron chi connectivity index (χ1n) is 20.0. The third-order valence-corrected chi connectivity index (χ3v) is 15.0. The smallest absolute Gasteiger partial charge is 0.131 e. The summed E-state index contributed by atoms with van der Waals surface area (Å²) in [5.41, 5.74) is 12.2. The molecule has 2 aliphatic heterocycles. The molecule has 0 N–H and O–H groups in total. The first kappa shape index (κ1) is 31.7. The van der Waals surface area contributed by atoms with Crippen LogP contribution in [0.5, 0.6) is 5.75 Å². The summed E-state index contributed by atoms with van der Waals surface area (Å²) in [4.78, 5) is 2.73. The minimum absolute atomic E-state index is 0.167. The monoisotopic (exact) mass is 691 g/mol. The zero-order valence-electron chi connectivity index (χ0n) is 32.0. The van der Waals surface area contributed by atoms with Crippen LogP contribution in [0.4, 0.5) is 11.4 Å². The van der Waals surface area contributed by atoms with Gasteiger partial charge >= 0.3 is 0 Å². The Morgan fingerprint density at radius 1 is 0.585 bits per heavy atom. The van der Waals surface area contributed by atoms with Crippen LogP contribution in [0.1, 0.15) is 107 Å². The standard InChI is InChI=1S/C51H49NO/c1-47(2)37-20-12-13-21-38(37)50(5)43(47)30-49(4)45-46(50)51(6)39-22-14-15-23-42(39)53-44(51)31-48(45,3)40-28-34-18-10-11-19-35(34)29-41(40)52(49)36-26-24-33(25-27-36)32-16-8-7-9-17-32/h10-15,18-32H,7-9,16-17H2,1-6H3. The fraction of sp³-hybridized carbons (Fsp3) is 0.333. The van der Waals surface area contributed by atoms with Crippen molar-refractivity contribution in [3.63, 3.8) is 0 Å². The molecule has 0 amide bonds. The van der Waals surface area contributed by atoms with Crippen molar-refractivity contribution in [2.45, 2.75) is 107 Å². The van der Waals surface area contributed by atoms with Gasteiger partial charge in [0.15, 0.2) is 0 Å². The van der Waals surface area contributed by atoms with E-state index in [9.17, 15) is 0 Å². The van der Waals surface area contributed by atoms with Crippen molar-refractivity contribution in [1.82, 2.24) is 0 Å². The topological polar surface area (TPSA) is 12.5 Å². The van der Waals surface area contributed by atoms with Gasteiger partial charge < -0.3 is 9.64 Å². The van der Waals surface area contributed by atoms with Gasteiger partial charge in [-0.2, -0.15) is 0 Å². The molecular formula is C51H49NO. The van der Waals surface area contributed by atoms with Crippen LogP contribution in [-0.2, 0) is 21.7 Å². The fourth-order valence-corrected chi connectivity index (χ4v) is 12.7. The van der Waals surface area contributed by atoms with Crippen molar-refractivity contribution in [3.05, 3.63) is 172 Å². The number of para-hydroxylation sites is 1. The summed E-state index contributed by atoms with van der Waals surface area (Å²) in [5.74, 6) is 2.72. The van der Waals surface area contributed by atoms with E-state index >= 15 is 0 Å². The highest BCUT2D eigenvalue weighted by atomic mass is 16.5. The van der Waals surface area contributed by atoms with Gasteiger partial charge in [0.1, 0.15) is 11.5 Å². The molecule has 0 bridgehead atoms. The average Bonchev–Trinajstić information content (AvgIpc) is 3.55. The lowest BCUT2D eigenvalue weighted by Gasteiger charge is -2.62. The molecule has 53 heavy (non-hydrogen) atoms. The number of rotatable bonds is 2. The molecule has 264 valence electrons. The van der Waals surface area contributed by atoms with Gasteiger partial charge in [0, 0.05) is 33.2 Å². The predicted octanol–water partition coefficient (Wildman–Crippen LogP) is 12.8. The number of anilines is 2. The molecule has 4 atom stereocenters. The van der Waals surface area contributed by atoms with Gasteiger partial charge in [-0.3, -0.25) is 0 Å². The van der Waals surface area contributed by atoms with E-state index in [1.165, 1.54) is 98.8 Å². The van der Waals surface area contributed by atoms with Crippen molar-refractivity contribution in [1.29, 1.82) is 0 Å². The van der Waals surface area contributed by atoms with Crippen LogP contribution in [0, 0.1) is 0 Å². The zero-order chi connectivity index (χ0) is 36.1. The van der Waals surface area contributed by atoms with Crippen LogP contribution in [0.25, 0.3) is 10.8 Å². The number of fused-ring (bicyclic) bond motifs is 11. The maximum atomic E-state index is 7.06. The molecule has 2 nitrogen and oxygen atoms in total. The highest BCUT2D eigenvalue weighted by Gasteiger charge is 2.68. The SMILES string of the molecule is CC1(C)C2=CC3(C)C4=C(C5(C)C(=CC4(C)c4cc6ccccc6cc4N3c3ccc(C4CCCCC4)cc3)Oc3ccccc35)C2(C)c2ccccc21. The molecule has 0 spiro atoms. The molecule has 6 aliphatic rings. The Balaban J connectivity index is 1.28. The lowest BCUT2D eigenvalue weighted by Crippen LogP contribution is -2.61. The van der Waals surface area contributed by atoms with Crippen LogP contribution < -0.4 is 9.64 Å². The zero-order valence-corrected chi connectivity index (χ0v) is 32.0. The molecule has 1 saturated carbocycles. The normalized spacial score (nSPS) is 30.3. The molecule has 0 saturated heterocycles. The second kappa shape index (κ2) is 10.2. The van der Waals surface area contributed by atoms with E-state index in [1.807, 2.05) is 0 Å². The Hall–Kier alpha value is -4.82. The summed E-state index contributed by atoms with van der Waals surface area (Å²) in [6, 6.07) is 41.8. The van der Waals surface area contributed by atoms with Crippen LogP contribution in [0.2, 0.25) is 0 Å². The summed E-state index contributed by atoms with van der Waals surface area (Å²) in [6.07, 6.45) is 11.9. The summed E-state index contributed by atoms with van der Waals surface area (Å²) in [5, 5.41) is 2.55. The number of nitrogens with zero attached hydrogens (tertiary/aromatic N) is 1. The summed E-state index contributed by atoms with van der Waals surface area (Å²) < 4.78 is 7.06. The summed E-state index contributed by atoms with van der Waals surface area (Å²) in [7, 11) is 0. The summed E-state index contributed by atoms with van der Waals surface area (Å²) >= 11 is 0. The summed E-state index contributed by atoms with van der Waals surface area (Å²) in [6.45, 7) is 15.0. The number of ether oxygens (including phenoxy) is 1. The van der Waals surface area contributed by atoms with E-state index < -0.39 is 16.4 Å². The van der Waals surface area contributed by atoms with Gasteiger partial charge in [-0.25, -0.2) is 0 Å². The van der Waals surface area contributed by atoms with Gasteiger partial charge in [0.25, 0.3) is 0 Å². The maximum absolute atomic E-state index is 7.06. The van der Waals surface area contributed by atoms with Crippen LogP contribution in [0.3, 0.4) is 0 Å². The van der Waals surface area contributed by atoms with Gasteiger partial charge in [0.2, 0.25) is 0 Å². The molecule has 2 heteroatoms. The Labute approximate surface area is 314 Å². The number of allylic oxidation sites excluding steroid dienone is 3. The van der Waals surface area contributed by atoms with Gasteiger partial charge in [-0.1, -0.05) is 118 Å². The first-order valence-corrected chi connectivity index (χ1v) is 20.0. The third-order valence-electron chi connectivity index (χ3n) is 15.0. The van der Waals surface area contributed by atoms with Crippen molar-refractivity contribution in [2.24, 2.45) is 0 Å². The highest BCUT2D eigenvalue weighted by molar-refractivity contribution is 5.94. The second-order valence-corrected chi connectivity index (χ2v) is 18.2. The lowest BCUT2D eigenvalue weighted by atomic mass is 9.46. The Morgan fingerprint density at radius 2 is 1.23 bits per heavy atom. The van der Waals surface area contributed by atoms with E-state index in [4.69, 9.17) is 4.74 Å². The van der Waals surface area contributed by atoms with E-state index in [0.717, 1.165) is 11.5 Å².